The molecule has 6 heavy (non-hydrogen) atoms. The van der Waals surface area contributed by atoms with Gasteiger partial charge in [0.15, 0.2) is 0 Å². The topological polar surface area (TPSA) is 63.2 Å². The van der Waals surface area contributed by atoms with Crippen LogP contribution >= 0.6 is 0 Å². The van der Waals surface area contributed by atoms with E-state index in [4.69, 9.17) is 12.1 Å². The van der Waals surface area contributed by atoms with E-state index < -0.39 is 14.8 Å². The Morgan fingerprint density at radius 3 is 1.17 bits per heavy atom. The summed E-state index contributed by atoms with van der Waals surface area (Å²) in [6.07, 6.45) is 0. The van der Waals surface area contributed by atoms with Crippen LogP contribution < -0.4 is 8.32 Å². The normalized spacial score (nSPS) is 5.83. The summed E-state index contributed by atoms with van der Waals surface area (Å²) >= 11 is -3.79. The molecule has 0 aliphatic carbocycles. The molecule has 0 aromatic rings. The zero-order valence-electron chi connectivity index (χ0n) is 2.24. The van der Waals surface area contributed by atoms with Gasteiger partial charge in [0, 0.05) is 0 Å². The summed E-state index contributed by atoms with van der Waals surface area (Å²) in [6.45, 7) is 0. The molecule has 46 valence electrons. The van der Waals surface area contributed by atoms with Gasteiger partial charge in [-0.3, -0.25) is 0 Å². The molecule has 0 aromatic heterocycles. The van der Waals surface area contributed by atoms with E-state index in [1.165, 1.54) is 0 Å². The van der Waals surface area contributed by atoms with E-state index in [0.717, 1.165) is 0 Å². The average molecular weight is 227 g/mol. The number of hydrogen-bond acceptors (Lipinski definition) is 3. The fourth-order valence-electron chi connectivity index (χ4n) is 0. The van der Waals surface area contributed by atoms with Crippen LogP contribution in [0, 0.1) is 0 Å². The van der Waals surface area contributed by atoms with Gasteiger partial charge in [-0.2, -0.15) is 0 Å². The van der Waals surface area contributed by atoms with Crippen molar-refractivity contribution in [3.63, 3.8) is 0 Å². The molecule has 0 radical (unpaired) electrons. The molecule has 0 atom stereocenters. The Hall–Kier alpha value is 1.29. The molecular weight excluding hydrogens is 227 g/mol. The fraction of sp³-hybridized carbons (Fsp3) is 0. The molecule has 6 heteroatoms. The third-order valence-corrected chi connectivity index (χ3v) is 0. The zero-order valence-corrected chi connectivity index (χ0v) is 5.39. The molecule has 3 nitrogen and oxygen atoms in total. The predicted octanol–water partition coefficient (Wildman–Crippen LogP) is -2.50. The first-order valence-electron chi connectivity index (χ1n) is 0.500. The molecular formula is CrCu2O3. The van der Waals surface area contributed by atoms with Crippen molar-refractivity contribution in [2.75, 3.05) is 0 Å². The first kappa shape index (κ1) is 15.7. The van der Waals surface area contributed by atoms with Gasteiger partial charge in [0.1, 0.15) is 0 Å². The van der Waals surface area contributed by atoms with E-state index >= 15 is 0 Å². The van der Waals surface area contributed by atoms with Crippen LogP contribution in [0.1, 0.15) is 0 Å². The van der Waals surface area contributed by atoms with Gasteiger partial charge in [-0.25, -0.2) is 0 Å². The maximum atomic E-state index is 8.54. The zero-order chi connectivity index (χ0) is 3.58. The van der Waals surface area contributed by atoms with Crippen LogP contribution in [-0.2, 0) is 52.7 Å². The van der Waals surface area contributed by atoms with E-state index in [9.17, 15) is 0 Å². The molecule has 0 unspecified atom stereocenters. The van der Waals surface area contributed by atoms with Crippen molar-refractivity contribution in [3.05, 3.63) is 0 Å². The van der Waals surface area contributed by atoms with Gasteiger partial charge < -0.3 is 0 Å². The monoisotopic (exact) mass is 226 g/mol. The molecule has 0 aromatic carbocycles. The van der Waals surface area contributed by atoms with E-state index in [1.54, 1.807) is 0 Å². The van der Waals surface area contributed by atoms with Gasteiger partial charge in [-0.1, -0.05) is 0 Å². The Balaban J connectivity index is -0.0000000450. The molecule has 0 spiro atoms. The summed E-state index contributed by atoms with van der Waals surface area (Å²) in [5, 5.41) is 0. The van der Waals surface area contributed by atoms with Gasteiger partial charge in [-0.15, -0.1) is 0 Å². The van der Waals surface area contributed by atoms with Crippen LogP contribution in [0.15, 0.2) is 0 Å². The molecule has 0 saturated carbocycles. The number of rotatable bonds is 0. The summed E-state index contributed by atoms with van der Waals surface area (Å²) in [7, 11) is 0. The van der Waals surface area contributed by atoms with E-state index in [0.29, 0.717) is 0 Å². The van der Waals surface area contributed by atoms with Crippen LogP contribution in [-0.4, -0.2) is 0 Å². The third kappa shape index (κ3) is 58.4. The van der Waals surface area contributed by atoms with E-state index in [2.05, 4.69) is 0 Å². The van der Waals surface area contributed by atoms with Crippen LogP contribution in [0.3, 0.4) is 0 Å². The number of hydrogen-bond donors (Lipinski definition) is 0. The quantitative estimate of drug-likeness (QED) is 0.429. The van der Waals surface area contributed by atoms with Gasteiger partial charge in [-0.05, 0) is 0 Å². The summed E-state index contributed by atoms with van der Waals surface area (Å²) in [5.74, 6) is 0. The second kappa shape index (κ2) is 9.57. The minimum atomic E-state index is -3.79. The van der Waals surface area contributed by atoms with Crippen molar-refractivity contribution in [2.45, 2.75) is 0 Å². The molecule has 0 N–H and O–H groups in total. The summed E-state index contributed by atoms with van der Waals surface area (Å²) < 4.78 is 25.6. The summed E-state index contributed by atoms with van der Waals surface area (Å²) in [6, 6.07) is 0. The first-order valence-corrected chi connectivity index (χ1v) is 2.06. The minimum absolute atomic E-state index is 0. The van der Waals surface area contributed by atoms with Gasteiger partial charge in [0.2, 0.25) is 0 Å². The molecule has 0 aliphatic rings. The van der Waals surface area contributed by atoms with Crippen molar-refractivity contribution < 1.29 is 61.0 Å². The van der Waals surface area contributed by atoms with E-state index in [-0.39, 0.29) is 34.1 Å². The molecule has 0 amide bonds. The van der Waals surface area contributed by atoms with Crippen LogP contribution in [0.25, 0.3) is 0 Å². The van der Waals surface area contributed by atoms with Crippen molar-refractivity contribution in [2.24, 2.45) is 0 Å². The second-order valence-electron chi connectivity index (χ2n) is 0.204. The molecule has 0 bridgehead atoms. The van der Waals surface area contributed by atoms with Crippen LogP contribution in [0.2, 0.25) is 0 Å². The van der Waals surface area contributed by atoms with Gasteiger partial charge >= 0.3 is 61.0 Å². The van der Waals surface area contributed by atoms with E-state index in [1.807, 2.05) is 0 Å². The standard InChI is InChI=1S/Cr.2Cu.3O/q;2*+1;;2*-1. The fourth-order valence-corrected chi connectivity index (χ4v) is 0. The molecule has 0 aliphatic heterocycles. The Bertz CT molecular complexity index is 31.8. The van der Waals surface area contributed by atoms with Gasteiger partial charge in [0.05, 0.1) is 0 Å². The summed E-state index contributed by atoms with van der Waals surface area (Å²) in [5.41, 5.74) is 0. The second-order valence-corrected chi connectivity index (χ2v) is 0.842. The van der Waals surface area contributed by atoms with Crippen molar-refractivity contribution >= 4 is 0 Å². The molecule has 0 heterocycles. The summed E-state index contributed by atoms with van der Waals surface area (Å²) in [4.78, 5) is 0. The molecule has 0 rings (SSSR count). The molecule has 0 saturated heterocycles. The van der Waals surface area contributed by atoms with Crippen LogP contribution in [0.5, 0.6) is 0 Å². The van der Waals surface area contributed by atoms with Crippen molar-refractivity contribution in [1.29, 1.82) is 0 Å². The van der Waals surface area contributed by atoms with Crippen molar-refractivity contribution in [3.8, 4) is 0 Å². The Morgan fingerprint density at radius 1 is 1.17 bits per heavy atom. The van der Waals surface area contributed by atoms with Crippen molar-refractivity contribution in [1.82, 2.24) is 0 Å². The Labute approximate surface area is 61.0 Å². The predicted molar refractivity (Wildman–Crippen MR) is 0.686 cm³/mol. The maximum absolute atomic E-state index is 8.54. The van der Waals surface area contributed by atoms with Gasteiger partial charge in [0.25, 0.3) is 0 Å². The average Bonchev–Trinajstić information content (AvgIpc) is 0.811. The third-order valence-electron chi connectivity index (χ3n) is 0. The Morgan fingerprint density at radius 2 is 1.17 bits per heavy atom. The van der Waals surface area contributed by atoms with Crippen LogP contribution in [0.4, 0.5) is 0 Å². The molecule has 0 fully saturated rings. The Kier molecular flexibility index (Phi) is 25.0. The first-order chi connectivity index (χ1) is 1.73. The SMILES string of the molecule is [Cu+].[Cu+].[O]=[Cr]([O-])[O-].